The number of piperazine rings is 1. The second-order valence-electron chi connectivity index (χ2n) is 5.15. The highest BCUT2D eigenvalue weighted by molar-refractivity contribution is 5.40. The Balaban J connectivity index is 2.20. The van der Waals surface area contributed by atoms with E-state index in [9.17, 15) is 14.5 Å². The Kier molecular flexibility index (Phi) is 4.64. The summed E-state index contributed by atoms with van der Waals surface area (Å²) in [6.45, 7) is 3.29. The lowest BCUT2D eigenvalue weighted by molar-refractivity contribution is -0.385. The Morgan fingerprint density at radius 2 is 2.25 bits per heavy atom. The third-order valence-corrected chi connectivity index (χ3v) is 3.69. The first kappa shape index (κ1) is 14.8. The van der Waals surface area contributed by atoms with Gasteiger partial charge in [-0.1, -0.05) is 0 Å². The lowest BCUT2D eigenvalue weighted by Gasteiger charge is -2.39. The van der Waals surface area contributed by atoms with E-state index in [1.165, 1.54) is 12.1 Å². The van der Waals surface area contributed by atoms with Crippen LogP contribution in [0.4, 0.5) is 10.1 Å². The molecule has 1 unspecified atom stereocenters. The van der Waals surface area contributed by atoms with Crippen LogP contribution in [0.2, 0.25) is 0 Å². The van der Waals surface area contributed by atoms with Gasteiger partial charge in [-0.15, -0.1) is 0 Å². The highest BCUT2D eigenvalue weighted by Gasteiger charge is 2.26. The largest absolute Gasteiger partial charge is 0.329 e. The van der Waals surface area contributed by atoms with Crippen molar-refractivity contribution in [1.82, 2.24) is 9.80 Å². The minimum absolute atomic E-state index is 0.0406. The average molecular weight is 282 g/mol. The Labute approximate surface area is 117 Å². The molecule has 1 atom stereocenters. The van der Waals surface area contributed by atoms with Crippen LogP contribution < -0.4 is 5.73 Å². The zero-order chi connectivity index (χ0) is 14.7. The number of benzene rings is 1. The number of halogens is 1. The first-order valence-electron chi connectivity index (χ1n) is 6.56. The van der Waals surface area contributed by atoms with Gasteiger partial charge in [0.15, 0.2) is 0 Å². The third-order valence-electron chi connectivity index (χ3n) is 3.69. The van der Waals surface area contributed by atoms with Crippen LogP contribution in [0.5, 0.6) is 0 Å². The Morgan fingerprint density at radius 3 is 2.90 bits per heavy atom. The summed E-state index contributed by atoms with van der Waals surface area (Å²) in [7, 11) is 2.02. The van der Waals surface area contributed by atoms with E-state index in [0.717, 1.165) is 25.7 Å². The molecule has 0 bridgehead atoms. The van der Waals surface area contributed by atoms with E-state index in [4.69, 9.17) is 5.73 Å². The van der Waals surface area contributed by atoms with E-state index in [1.807, 2.05) is 7.05 Å². The molecule has 2 rings (SSSR count). The summed E-state index contributed by atoms with van der Waals surface area (Å²) in [6.07, 6.45) is 0. The van der Waals surface area contributed by atoms with Crippen LogP contribution >= 0.6 is 0 Å². The summed E-state index contributed by atoms with van der Waals surface area (Å²) in [4.78, 5) is 14.8. The van der Waals surface area contributed by atoms with E-state index >= 15 is 0 Å². The van der Waals surface area contributed by atoms with Crippen molar-refractivity contribution in [1.29, 1.82) is 0 Å². The van der Waals surface area contributed by atoms with Crippen molar-refractivity contribution in [3.05, 3.63) is 39.7 Å². The Morgan fingerprint density at radius 1 is 1.50 bits per heavy atom. The fourth-order valence-corrected chi connectivity index (χ4v) is 2.56. The van der Waals surface area contributed by atoms with Crippen molar-refractivity contribution in [3.63, 3.8) is 0 Å². The van der Waals surface area contributed by atoms with Crippen LogP contribution in [0.25, 0.3) is 0 Å². The van der Waals surface area contributed by atoms with Gasteiger partial charge in [0.1, 0.15) is 5.82 Å². The highest BCUT2D eigenvalue weighted by Crippen LogP contribution is 2.23. The second-order valence-corrected chi connectivity index (χ2v) is 5.15. The van der Waals surface area contributed by atoms with Gasteiger partial charge < -0.3 is 10.6 Å². The molecular formula is C13H19FN4O2. The van der Waals surface area contributed by atoms with E-state index in [-0.39, 0.29) is 11.7 Å². The molecule has 1 aromatic rings. The Bertz CT molecular complexity index is 497. The molecule has 2 N–H and O–H groups in total. The van der Waals surface area contributed by atoms with Gasteiger partial charge >= 0.3 is 0 Å². The van der Waals surface area contributed by atoms with Gasteiger partial charge in [0.25, 0.3) is 5.69 Å². The molecule has 1 aliphatic rings. The van der Waals surface area contributed by atoms with Gasteiger partial charge in [-0.2, -0.15) is 0 Å². The fraction of sp³-hybridized carbons (Fsp3) is 0.538. The summed E-state index contributed by atoms with van der Waals surface area (Å²) in [6, 6.07) is 3.71. The molecule has 1 fully saturated rings. The second kappa shape index (κ2) is 6.25. The van der Waals surface area contributed by atoms with Crippen LogP contribution in [-0.2, 0) is 6.54 Å². The molecule has 1 heterocycles. The van der Waals surface area contributed by atoms with E-state index < -0.39 is 10.7 Å². The van der Waals surface area contributed by atoms with Crippen molar-refractivity contribution in [2.24, 2.45) is 5.73 Å². The van der Waals surface area contributed by atoms with Crippen molar-refractivity contribution in [2.45, 2.75) is 12.6 Å². The SMILES string of the molecule is CN1CCN(Cc2cc(F)ccc2[N+](=O)[O-])C(CN)C1. The maximum atomic E-state index is 13.3. The van der Waals surface area contributed by atoms with Crippen LogP contribution in [0.1, 0.15) is 5.56 Å². The van der Waals surface area contributed by atoms with Gasteiger partial charge in [0.05, 0.1) is 4.92 Å². The molecule has 0 aliphatic carbocycles. The summed E-state index contributed by atoms with van der Waals surface area (Å²) in [5.41, 5.74) is 6.12. The lowest BCUT2D eigenvalue weighted by atomic mass is 10.1. The van der Waals surface area contributed by atoms with Crippen molar-refractivity contribution in [3.8, 4) is 0 Å². The molecule has 110 valence electrons. The van der Waals surface area contributed by atoms with Crippen molar-refractivity contribution >= 4 is 5.69 Å². The molecular weight excluding hydrogens is 263 g/mol. The van der Waals surface area contributed by atoms with Crippen LogP contribution in [-0.4, -0.2) is 54.0 Å². The number of hydrogen-bond acceptors (Lipinski definition) is 5. The predicted molar refractivity (Wildman–Crippen MR) is 73.8 cm³/mol. The van der Waals surface area contributed by atoms with Gasteiger partial charge in [-0.05, 0) is 19.2 Å². The highest BCUT2D eigenvalue weighted by atomic mass is 19.1. The zero-order valence-corrected chi connectivity index (χ0v) is 11.5. The van der Waals surface area contributed by atoms with Gasteiger partial charge in [0, 0.05) is 50.4 Å². The number of likely N-dealkylation sites (N-methyl/N-ethyl adjacent to an activating group) is 1. The van der Waals surface area contributed by atoms with Crippen LogP contribution in [0.3, 0.4) is 0 Å². The van der Waals surface area contributed by atoms with Crippen molar-refractivity contribution in [2.75, 3.05) is 33.2 Å². The van der Waals surface area contributed by atoms with Crippen LogP contribution in [0.15, 0.2) is 18.2 Å². The average Bonchev–Trinajstić information content (AvgIpc) is 2.40. The standard InChI is InChI=1S/C13H19FN4O2/c1-16-4-5-17(12(7-15)9-16)8-10-6-11(14)2-3-13(10)18(19)20/h2-3,6,12H,4-5,7-9,15H2,1H3. The molecule has 1 aromatic carbocycles. The summed E-state index contributed by atoms with van der Waals surface area (Å²) in [5.74, 6) is -0.455. The van der Waals surface area contributed by atoms with Gasteiger partial charge in [-0.3, -0.25) is 15.0 Å². The minimum atomic E-state index is -0.470. The number of nitrogens with zero attached hydrogens (tertiary/aromatic N) is 3. The Hall–Kier alpha value is -1.57. The number of nitrogens with two attached hydrogens (primary N) is 1. The first-order valence-corrected chi connectivity index (χ1v) is 6.56. The van der Waals surface area contributed by atoms with Crippen molar-refractivity contribution < 1.29 is 9.31 Å². The topological polar surface area (TPSA) is 75.6 Å². The molecule has 1 aliphatic heterocycles. The van der Waals surface area contributed by atoms with E-state index in [1.54, 1.807) is 0 Å². The number of nitro groups is 1. The lowest BCUT2D eigenvalue weighted by Crippen LogP contribution is -2.54. The fourth-order valence-electron chi connectivity index (χ4n) is 2.56. The molecule has 6 nitrogen and oxygen atoms in total. The zero-order valence-electron chi connectivity index (χ0n) is 11.5. The molecule has 0 amide bonds. The number of rotatable bonds is 4. The molecule has 0 saturated carbocycles. The molecule has 20 heavy (non-hydrogen) atoms. The number of hydrogen-bond donors (Lipinski definition) is 1. The normalized spacial score (nSPS) is 21.1. The minimum Gasteiger partial charge on any atom is -0.329 e. The summed E-state index contributed by atoms with van der Waals surface area (Å²) >= 11 is 0. The monoisotopic (exact) mass is 282 g/mol. The summed E-state index contributed by atoms with van der Waals surface area (Å²) in [5, 5.41) is 11.0. The van der Waals surface area contributed by atoms with E-state index in [2.05, 4.69) is 9.80 Å². The molecule has 1 saturated heterocycles. The molecule has 0 radical (unpaired) electrons. The van der Waals surface area contributed by atoms with Crippen LogP contribution in [0, 0.1) is 15.9 Å². The molecule has 0 aromatic heterocycles. The van der Waals surface area contributed by atoms with Gasteiger partial charge in [-0.25, -0.2) is 4.39 Å². The smallest absolute Gasteiger partial charge is 0.274 e. The number of nitro benzene ring substituents is 1. The predicted octanol–water partition coefficient (Wildman–Crippen LogP) is 0.809. The molecule has 0 spiro atoms. The quantitative estimate of drug-likeness (QED) is 0.653. The maximum Gasteiger partial charge on any atom is 0.274 e. The summed E-state index contributed by atoms with van der Waals surface area (Å²) < 4.78 is 13.3. The maximum absolute atomic E-state index is 13.3. The molecule has 7 heteroatoms. The third kappa shape index (κ3) is 3.30. The van der Waals surface area contributed by atoms with E-state index in [0.29, 0.717) is 18.7 Å². The first-order chi connectivity index (χ1) is 9.51. The van der Waals surface area contributed by atoms with Gasteiger partial charge in [0.2, 0.25) is 0 Å².